The second-order valence-corrected chi connectivity index (χ2v) is 6.84. The number of rotatable bonds is 3. The number of hydrogen-bond donors (Lipinski definition) is 1. The highest BCUT2D eigenvalue weighted by Crippen LogP contribution is 2.25. The smallest absolute Gasteiger partial charge is 0.264 e. The van der Waals surface area contributed by atoms with Gasteiger partial charge in [-0.15, -0.1) is 11.3 Å². The number of hydrogen-bond acceptors (Lipinski definition) is 3. The number of nitrogens with zero attached hydrogens (tertiary/aromatic N) is 2. The average molecular weight is 303 g/mol. The Labute approximate surface area is 129 Å². The van der Waals surface area contributed by atoms with E-state index in [1.807, 2.05) is 29.5 Å². The Hall–Kier alpha value is -1.62. The summed E-state index contributed by atoms with van der Waals surface area (Å²) in [6, 6.07) is 2.02. The normalized spacial score (nSPS) is 19.0. The zero-order valence-corrected chi connectivity index (χ0v) is 13.4. The van der Waals surface area contributed by atoms with Crippen LogP contribution in [0.25, 0.3) is 0 Å². The maximum atomic E-state index is 12.6. The summed E-state index contributed by atoms with van der Waals surface area (Å²) in [5.74, 6) is 0.732. The number of piperidine rings is 1. The number of H-pyrrole nitrogens is 1. The monoisotopic (exact) mass is 303 g/mol. The van der Waals surface area contributed by atoms with Gasteiger partial charge < -0.3 is 4.90 Å². The molecule has 1 fully saturated rings. The molecule has 0 aromatic carbocycles. The van der Waals surface area contributed by atoms with Gasteiger partial charge in [0.15, 0.2) is 0 Å². The van der Waals surface area contributed by atoms with E-state index in [9.17, 15) is 4.79 Å². The minimum Gasteiger partial charge on any atom is -0.338 e. The quantitative estimate of drug-likeness (QED) is 0.946. The number of amides is 1. The predicted molar refractivity (Wildman–Crippen MR) is 84.7 cm³/mol. The Balaban J connectivity index is 1.67. The summed E-state index contributed by atoms with van der Waals surface area (Å²) in [5.41, 5.74) is 3.52. The van der Waals surface area contributed by atoms with Crippen LogP contribution in [0.4, 0.5) is 0 Å². The van der Waals surface area contributed by atoms with Crippen LogP contribution in [0.2, 0.25) is 0 Å². The molecule has 0 bridgehead atoms. The van der Waals surface area contributed by atoms with Crippen molar-refractivity contribution in [2.24, 2.45) is 5.92 Å². The first-order chi connectivity index (χ1) is 10.1. The van der Waals surface area contributed by atoms with Crippen molar-refractivity contribution < 1.29 is 4.79 Å². The van der Waals surface area contributed by atoms with E-state index in [4.69, 9.17) is 0 Å². The van der Waals surface area contributed by atoms with Crippen molar-refractivity contribution in [3.05, 3.63) is 39.3 Å². The molecular formula is C16H21N3OS. The average Bonchev–Trinajstić information content (AvgIpc) is 3.08. The second kappa shape index (κ2) is 6.02. The maximum Gasteiger partial charge on any atom is 0.264 e. The second-order valence-electron chi connectivity index (χ2n) is 5.93. The van der Waals surface area contributed by atoms with Crippen LogP contribution in [0.5, 0.6) is 0 Å². The summed E-state index contributed by atoms with van der Waals surface area (Å²) in [7, 11) is 0. The molecule has 0 aliphatic carbocycles. The highest BCUT2D eigenvalue weighted by Gasteiger charge is 2.26. The molecule has 3 rings (SSSR count). The van der Waals surface area contributed by atoms with E-state index in [1.165, 1.54) is 17.7 Å². The van der Waals surface area contributed by atoms with Crippen LogP contribution in [-0.4, -0.2) is 34.1 Å². The summed E-state index contributed by atoms with van der Waals surface area (Å²) in [4.78, 5) is 15.5. The number of aryl methyl sites for hydroxylation is 2. The van der Waals surface area contributed by atoms with Crippen LogP contribution in [-0.2, 0) is 6.42 Å². The molecule has 2 aromatic rings. The molecule has 1 amide bonds. The topological polar surface area (TPSA) is 49.0 Å². The van der Waals surface area contributed by atoms with Crippen molar-refractivity contribution in [1.29, 1.82) is 0 Å². The van der Waals surface area contributed by atoms with Gasteiger partial charge >= 0.3 is 0 Å². The van der Waals surface area contributed by atoms with E-state index in [1.54, 1.807) is 11.3 Å². The molecule has 1 N–H and O–H groups in total. The fraction of sp³-hybridized carbons (Fsp3) is 0.500. The number of carbonyl (C=O) groups is 1. The van der Waals surface area contributed by atoms with Crippen LogP contribution in [0.1, 0.15) is 39.3 Å². The highest BCUT2D eigenvalue weighted by atomic mass is 32.1. The van der Waals surface area contributed by atoms with Crippen LogP contribution in [0, 0.1) is 19.8 Å². The van der Waals surface area contributed by atoms with E-state index >= 15 is 0 Å². The van der Waals surface area contributed by atoms with E-state index in [0.29, 0.717) is 5.92 Å². The molecular weight excluding hydrogens is 282 g/mol. The summed E-state index contributed by atoms with van der Waals surface area (Å²) in [6.45, 7) is 5.84. The van der Waals surface area contributed by atoms with E-state index < -0.39 is 0 Å². The number of thiophene rings is 1. The molecule has 0 radical (unpaired) electrons. The molecule has 0 spiro atoms. The van der Waals surface area contributed by atoms with Crippen LogP contribution in [0.3, 0.4) is 0 Å². The minimum atomic E-state index is 0.202. The molecule has 21 heavy (non-hydrogen) atoms. The number of aromatic amines is 1. The third kappa shape index (κ3) is 3.02. The van der Waals surface area contributed by atoms with Crippen molar-refractivity contribution >= 4 is 17.2 Å². The van der Waals surface area contributed by atoms with Gasteiger partial charge in [0.1, 0.15) is 0 Å². The van der Waals surface area contributed by atoms with Crippen LogP contribution >= 0.6 is 11.3 Å². The van der Waals surface area contributed by atoms with Gasteiger partial charge in [-0.05, 0) is 61.6 Å². The number of likely N-dealkylation sites (tertiary alicyclic amines) is 1. The molecule has 0 saturated carbocycles. The van der Waals surface area contributed by atoms with Crippen LogP contribution < -0.4 is 0 Å². The lowest BCUT2D eigenvalue weighted by atomic mass is 9.92. The molecule has 0 unspecified atom stereocenters. The van der Waals surface area contributed by atoms with E-state index in [-0.39, 0.29) is 5.91 Å². The van der Waals surface area contributed by atoms with Gasteiger partial charge in [0, 0.05) is 18.8 Å². The minimum absolute atomic E-state index is 0.202. The summed E-state index contributed by atoms with van der Waals surface area (Å²) in [5, 5.41) is 9.17. The third-order valence-corrected chi connectivity index (χ3v) is 5.29. The van der Waals surface area contributed by atoms with Gasteiger partial charge in [-0.3, -0.25) is 9.89 Å². The molecule has 5 heteroatoms. The van der Waals surface area contributed by atoms with Gasteiger partial charge in [0.05, 0.1) is 11.1 Å². The highest BCUT2D eigenvalue weighted by molar-refractivity contribution is 7.12. The van der Waals surface area contributed by atoms with Crippen molar-refractivity contribution in [1.82, 2.24) is 15.1 Å². The number of aromatic nitrogens is 2. The van der Waals surface area contributed by atoms with Crippen LogP contribution in [0.15, 0.2) is 17.6 Å². The predicted octanol–water partition coefficient (Wildman–Crippen LogP) is 3.18. The lowest BCUT2D eigenvalue weighted by Crippen LogP contribution is -2.40. The SMILES string of the molecule is Cc1cn[nH]c1C[C@H]1CCCN(C(=O)c2sccc2C)C1. The van der Waals surface area contributed by atoms with Crippen molar-refractivity contribution in [2.75, 3.05) is 13.1 Å². The summed E-state index contributed by atoms with van der Waals surface area (Å²) < 4.78 is 0. The Morgan fingerprint density at radius 1 is 1.48 bits per heavy atom. The molecule has 1 atom stereocenters. The number of carbonyl (C=O) groups excluding carboxylic acids is 1. The Morgan fingerprint density at radius 2 is 2.33 bits per heavy atom. The van der Waals surface area contributed by atoms with Crippen molar-refractivity contribution in [3.63, 3.8) is 0 Å². The Morgan fingerprint density at radius 3 is 3.00 bits per heavy atom. The van der Waals surface area contributed by atoms with Crippen molar-refractivity contribution in [2.45, 2.75) is 33.1 Å². The molecule has 3 heterocycles. The molecule has 1 aliphatic rings. The fourth-order valence-electron chi connectivity index (χ4n) is 3.02. The summed E-state index contributed by atoms with van der Waals surface area (Å²) >= 11 is 1.55. The lowest BCUT2D eigenvalue weighted by molar-refractivity contribution is 0.0677. The van der Waals surface area contributed by atoms with Gasteiger partial charge in [-0.25, -0.2) is 0 Å². The zero-order valence-electron chi connectivity index (χ0n) is 12.6. The van der Waals surface area contributed by atoms with Gasteiger partial charge in [-0.2, -0.15) is 5.10 Å². The van der Waals surface area contributed by atoms with E-state index in [0.717, 1.165) is 36.4 Å². The largest absolute Gasteiger partial charge is 0.338 e. The Bertz CT molecular complexity index is 631. The standard InChI is InChI=1S/C16H21N3OS/c1-11-5-7-21-15(11)16(20)19-6-3-4-13(10-19)8-14-12(2)9-17-18-14/h5,7,9,13H,3-4,6,8,10H2,1-2H3,(H,17,18)/t13-/m1/s1. The molecule has 2 aromatic heterocycles. The van der Waals surface area contributed by atoms with Gasteiger partial charge in [0.25, 0.3) is 5.91 Å². The summed E-state index contributed by atoms with van der Waals surface area (Å²) in [6.07, 6.45) is 5.13. The first-order valence-corrected chi connectivity index (χ1v) is 8.35. The molecule has 112 valence electrons. The van der Waals surface area contributed by atoms with E-state index in [2.05, 4.69) is 17.1 Å². The Kier molecular flexibility index (Phi) is 4.10. The molecule has 4 nitrogen and oxygen atoms in total. The maximum absolute atomic E-state index is 12.6. The van der Waals surface area contributed by atoms with Gasteiger partial charge in [-0.1, -0.05) is 0 Å². The third-order valence-electron chi connectivity index (χ3n) is 4.29. The van der Waals surface area contributed by atoms with Crippen molar-refractivity contribution in [3.8, 4) is 0 Å². The zero-order chi connectivity index (χ0) is 14.8. The lowest BCUT2D eigenvalue weighted by Gasteiger charge is -2.32. The fourth-order valence-corrected chi connectivity index (χ4v) is 3.91. The first-order valence-electron chi connectivity index (χ1n) is 7.47. The first kappa shape index (κ1) is 14.3. The van der Waals surface area contributed by atoms with Gasteiger partial charge in [0.2, 0.25) is 0 Å². The molecule has 1 aliphatic heterocycles. The number of nitrogens with one attached hydrogen (secondary N) is 1. The molecule has 1 saturated heterocycles.